The van der Waals surface area contributed by atoms with Gasteiger partial charge < -0.3 is 11.1 Å². The van der Waals surface area contributed by atoms with E-state index in [1.807, 2.05) is 30.3 Å². The van der Waals surface area contributed by atoms with Crippen LogP contribution in [0.2, 0.25) is 0 Å². The van der Waals surface area contributed by atoms with Crippen LogP contribution in [0.1, 0.15) is 30.6 Å². The van der Waals surface area contributed by atoms with Crippen molar-refractivity contribution in [2.75, 3.05) is 6.54 Å². The molecule has 0 saturated carbocycles. The summed E-state index contributed by atoms with van der Waals surface area (Å²) in [5.74, 6) is 0.270. The molecule has 1 aromatic carbocycles. The summed E-state index contributed by atoms with van der Waals surface area (Å²) in [5, 5.41) is 4.04. The molecule has 1 atom stereocenters. The minimum atomic E-state index is -0.0820. The third-order valence-electron chi connectivity index (χ3n) is 3.48. The summed E-state index contributed by atoms with van der Waals surface area (Å²) in [6.45, 7) is 4.74. The van der Waals surface area contributed by atoms with Crippen molar-refractivity contribution in [3.8, 4) is 0 Å². The molecule has 0 saturated heterocycles. The maximum Gasteiger partial charge on any atom is 0.253 e. The lowest BCUT2D eigenvalue weighted by Crippen LogP contribution is -2.40. The summed E-state index contributed by atoms with van der Waals surface area (Å²) in [7, 11) is 0. The zero-order valence-electron chi connectivity index (χ0n) is 12.0. The van der Waals surface area contributed by atoms with Crippen molar-refractivity contribution in [1.29, 1.82) is 0 Å². The Morgan fingerprint density at radius 3 is 2.75 bits per heavy atom. The van der Waals surface area contributed by atoms with Crippen molar-refractivity contribution in [2.24, 2.45) is 11.7 Å². The molecule has 0 fully saturated rings. The van der Waals surface area contributed by atoms with Crippen LogP contribution in [0, 0.1) is 5.92 Å². The molecule has 2 rings (SSSR count). The van der Waals surface area contributed by atoms with E-state index < -0.39 is 0 Å². The van der Waals surface area contributed by atoms with Crippen LogP contribution in [0.15, 0.2) is 36.5 Å². The quantitative estimate of drug-likeness (QED) is 0.877. The maximum absolute atomic E-state index is 12.5. The predicted molar refractivity (Wildman–Crippen MR) is 81.5 cm³/mol. The standard InChI is InChI=1S/C16H21N3O/c1-11(2)14(8-9-17)19-16(20)13-7-3-5-12-6-4-10-18-15(12)13/h3-7,10-11,14H,8-9,17H2,1-2H3,(H,19,20). The molecule has 1 heterocycles. The highest BCUT2D eigenvalue weighted by atomic mass is 16.1. The number of rotatable bonds is 5. The Bertz CT molecular complexity index is 590. The van der Waals surface area contributed by atoms with Crippen LogP contribution in [-0.2, 0) is 0 Å². The van der Waals surface area contributed by atoms with Gasteiger partial charge in [-0.1, -0.05) is 32.0 Å². The van der Waals surface area contributed by atoms with Crippen molar-refractivity contribution in [3.63, 3.8) is 0 Å². The van der Waals surface area contributed by atoms with Crippen LogP contribution in [0.3, 0.4) is 0 Å². The fraction of sp³-hybridized carbons (Fsp3) is 0.375. The number of hydrogen-bond acceptors (Lipinski definition) is 3. The highest BCUT2D eigenvalue weighted by Crippen LogP contribution is 2.16. The summed E-state index contributed by atoms with van der Waals surface area (Å²) < 4.78 is 0. The molecule has 0 spiro atoms. The van der Waals surface area contributed by atoms with Crippen molar-refractivity contribution in [1.82, 2.24) is 10.3 Å². The molecule has 2 aromatic rings. The molecule has 0 aliphatic rings. The van der Waals surface area contributed by atoms with Gasteiger partial charge in [0.1, 0.15) is 0 Å². The lowest BCUT2D eigenvalue weighted by molar-refractivity contribution is 0.0925. The average molecular weight is 271 g/mol. The van der Waals surface area contributed by atoms with Crippen LogP contribution < -0.4 is 11.1 Å². The zero-order chi connectivity index (χ0) is 14.5. The summed E-state index contributed by atoms with van der Waals surface area (Å²) in [6, 6.07) is 9.57. The van der Waals surface area contributed by atoms with Gasteiger partial charge in [0.15, 0.2) is 0 Å². The molecule has 1 unspecified atom stereocenters. The van der Waals surface area contributed by atoms with Gasteiger partial charge in [-0.3, -0.25) is 9.78 Å². The van der Waals surface area contributed by atoms with Crippen LogP contribution in [0.4, 0.5) is 0 Å². The number of nitrogens with two attached hydrogens (primary N) is 1. The second-order valence-electron chi connectivity index (χ2n) is 5.28. The molecule has 20 heavy (non-hydrogen) atoms. The number of carbonyl (C=O) groups excluding carboxylic acids is 1. The number of aromatic nitrogens is 1. The fourth-order valence-electron chi connectivity index (χ4n) is 2.29. The monoisotopic (exact) mass is 271 g/mol. The third-order valence-corrected chi connectivity index (χ3v) is 3.48. The average Bonchev–Trinajstić information content (AvgIpc) is 2.46. The van der Waals surface area contributed by atoms with Gasteiger partial charge in [0.05, 0.1) is 11.1 Å². The Labute approximate surface area is 119 Å². The van der Waals surface area contributed by atoms with E-state index in [0.717, 1.165) is 17.3 Å². The first kappa shape index (κ1) is 14.5. The summed E-state index contributed by atoms with van der Waals surface area (Å²) >= 11 is 0. The number of amides is 1. The van der Waals surface area contributed by atoms with Crippen molar-refractivity contribution in [2.45, 2.75) is 26.3 Å². The Balaban J connectivity index is 2.27. The van der Waals surface area contributed by atoms with Gasteiger partial charge in [0.25, 0.3) is 5.91 Å². The molecule has 1 aromatic heterocycles. The molecule has 0 aliphatic heterocycles. The predicted octanol–water partition coefficient (Wildman–Crippen LogP) is 2.34. The first-order chi connectivity index (χ1) is 9.63. The number of pyridine rings is 1. The van der Waals surface area contributed by atoms with Gasteiger partial charge in [0.2, 0.25) is 0 Å². The van der Waals surface area contributed by atoms with Gasteiger partial charge in [-0.25, -0.2) is 0 Å². The van der Waals surface area contributed by atoms with Crippen LogP contribution in [0.5, 0.6) is 0 Å². The topological polar surface area (TPSA) is 68.0 Å². The Hall–Kier alpha value is -1.94. The van der Waals surface area contributed by atoms with Gasteiger partial charge >= 0.3 is 0 Å². The maximum atomic E-state index is 12.5. The van der Waals surface area contributed by atoms with Gasteiger partial charge in [-0.15, -0.1) is 0 Å². The van der Waals surface area contributed by atoms with E-state index in [4.69, 9.17) is 5.73 Å². The number of nitrogens with one attached hydrogen (secondary N) is 1. The van der Waals surface area contributed by atoms with E-state index in [9.17, 15) is 4.79 Å². The largest absolute Gasteiger partial charge is 0.349 e. The van der Waals surface area contributed by atoms with Crippen LogP contribution in [-0.4, -0.2) is 23.5 Å². The normalized spacial score (nSPS) is 12.6. The minimum absolute atomic E-state index is 0.0820. The highest BCUT2D eigenvalue weighted by Gasteiger charge is 2.18. The lowest BCUT2D eigenvalue weighted by Gasteiger charge is -2.22. The highest BCUT2D eigenvalue weighted by molar-refractivity contribution is 6.05. The number of hydrogen-bond donors (Lipinski definition) is 2. The minimum Gasteiger partial charge on any atom is -0.349 e. The van der Waals surface area contributed by atoms with E-state index in [2.05, 4.69) is 24.1 Å². The van der Waals surface area contributed by atoms with Gasteiger partial charge in [-0.2, -0.15) is 0 Å². The second-order valence-corrected chi connectivity index (χ2v) is 5.28. The molecule has 106 valence electrons. The van der Waals surface area contributed by atoms with Crippen LogP contribution in [0.25, 0.3) is 10.9 Å². The summed E-state index contributed by atoms with van der Waals surface area (Å²) in [4.78, 5) is 16.8. The first-order valence-electron chi connectivity index (χ1n) is 6.98. The summed E-state index contributed by atoms with van der Waals surface area (Å²) in [5.41, 5.74) is 6.96. The number of nitrogens with zero attached hydrogens (tertiary/aromatic N) is 1. The molecule has 1 amide bonds. The van der Waals surface area contributed by atoms with E-state index in [0.29, 0.717) is 18.0 Å². The Morgan fingerprint density at radius 1 is 1.30 bits per heavy atom. The van der Waals surface area contributed by atoms with Crippen LogP contribution >= 0.6 is 0 Å². The SMILES string of the molecule is CC(C)C(CCN)NC(=O)c1cccc2cccnc12. The van der Waals surface area contributed by atoms with E-state index in [1.54, 1.807) is 6.20 Å². The van der Waals surface area contributed by atoms with Gasteiger partial charge in [0, 0.05) is 17.6 Å². The third kappa shape index (κ3) is 3.14. The molecular formula is C16H21N3O. The molecule has 0 radical (unpaired) electrons. The number of carbonyl (C=O) groups is 1. The lowest BCUT2D eigenvalue weighted by atomic mass is 10.00. The Morgan fingerprint density at radius 2 is 2.05 bits per heavy atom. The van der Waals surface area contributed by atoms with E-state index >= 15 is 0 Å². The second kappa shape index (κ2) is 6.48. The molecule has 0 aliphatic carbocycles. The first-order valence-corrected chi connectivity index (χ1v) is 6.98. The molecule has 0 bridgehead atoms. The molecule has 4 nitrogen and oxygen atoms in total. The van der Waals surface area contributed by atoms with Crippen molar-refractivity contribution >= 4 is 16.8 Å². The van der Waals surface area contributed by atoms with Crippen molar-refractivity contribution in [3.05, 3.63) is 42.1 Å². The molecule has 4 heteroatoms. The summed E-state index contributed by atoms with van der Waals surface area (Å²) in [6.07, 6.45) is 2.49. The zero-order valence-corrected chi connectivity index (χ0v) is 12.0. The fourth-order valence-corrected chi connectivity index (χ4v) is 2.29. The molecular weight excluding hydrogens is 250 g/mol. The van der Waals surface area contributed by atoms with Crippen molar-refractivity contribution < 1.29 is 4.79 Å². The van der Waals surface area contributed by atoms with E-state index in [1.165, 1.54) is 0 Å². The number of para-hydroxylation sites is 1. The van der Waals surface area contributed by atoms with E-state index in [-0.39, 0.29) is 11.9 Å². The van der Waals surface area contributed by atoms with Gasteiger partial charge in [-0.05, 0) is 31.0 Å². The number of benzene rings is 1. The number of fused-ring (bicyclic) bond motifs is 1. The Kier molecular flexibility index (Phi) is 4.69. The smallest absolute Gasteiger partial charge is 0.253 e. The molecule has 3 N–H and O–H groups in total.